The molecule has 5 rings (SSSR count). The van der Waals surface area contributed by atoms with E-state index in [1.807, 2.05) is 24.3 Å². The number of carboxylic acids is 1. The molecule has 14 heteroatoms. The van der Waals surface area contributed by atoms with Gasteiger partial charge in [-0.05, 0) is 47.6 Å². The van der Waals surface area contributed by atoms with Gasteiger partial charge in [-0.25, -0.2) is 9.59 Å². The number of hydrogen-bond donors (Lipinski definition) is 5. The normalized spacial score (nSPS) is 25.2. The molecule has 1 aromatic carbocycles. The summed E-state index contributed by atoms with van der Waals surface area (Å²) in [6, 6.07) is 2.14. The second kappa shape index (κ2) is 12.7. The number of aliphatic carboxylic acids is 1. The topological polar surface area (TPSA) is 188 Å². The lowest BCUT2D eigenvalue weighted by Gasteiger charge is -2.36. The van der Waals surface area contributed by atoms with Crippen molar-refractivity contribution in [2.24, 2.45) is 34.8 Å². The van der Waals surface area contributed by atoms with Crippen molar-refractivity contribution in [2.45, 2.75) is 87.8 Å². The number of halogens is 2. The fraction of sp³-hybridized carbons (Fsp3) is 0.625. The molecule has 3 fully saturated rings. The number of carbonyl (C=O) groups is 6. The minimum Gasteiger partial charge on any atom is -0.480 e. The standard InChI is InChI=1S/C32H41Cl2N5O7/c1-31(2,3)25(29(44)45)38-30(46)37-22(18-12-16-9-4-5-10-17(16)13-18)28(43)39-14-19-21(32(19,33)34)23(39)27(42)36-20(24(40)26(35)41)11-15-7-6-8-15/h4-5,9-10,15,18-23,25H,6-8,11-14H2,1-3H3,(H2,35,41)(H,36,42)(H,44,45)(H2,37,38,46)/t19-,20?,21-,22-,23-,25?/m0/s1. The van der Waals surface area contributed by atoms with Gasteiger partial charge in [0.15, 0.2) is 0 Å². The van der Waals surface area contributed by atoms with Gasteiger partial charge in [0, 0.05) is 18.4 Å². The van der Waals surface area contributed by atoms with Crippen LogP contribution < -0.4 is 21.7 Å². The van der Waals surface area contributed by atoms with E-state index in [9.17, 15) is 33.9 Å². The van der Waals surface area contributed by atoms with Crippen LogP contribution in [0, 0.1) is 29.1 Å². The number of piperidine rings is 1. The molecule has 5 amide bonds. The van der Waals surface area contributed by atoms with Crippen LogP contribution in [-0.2, 0) is 36.8 Å². The van der Waals surface area contributed by atoms with Crippen molar-refractivity contribution < 1.29 is 33.9 Å². The second-order valence-electron chi connectivity index (χ2n) is 14.2. The highest BCUT2D eigenvalue weighted by atomic mass is 35.5. The van der Waals surface area contributed by atoms with E-state index < -0.39 is 87.2 Å². The smallest absolute Gasteiger partial charge is 0.326 e. The third-order valence-electron chi connectivity index (χ3n) is 10.0. The van der Waals surface area contributed by atoms with E-state index in [4.69, 9.17) is 28.9 Å². The number of rotatable bonds is 11. The summed E-state index contributed by atoms with van der Waals surface area (Å²) < 4.78 is -1.28. The Labute approximate surface area is 277 Å². The van der Waals surface area contributed by atoms with Crippen molar-refractivity contribution in [3.8, 4) is 0 Å². The average Bonchev–Trinajstić information content (AvgIpc) is 3.32. The predicted molar refractivity (Wildman–Crippen MR) is 169 cm³/mol. The first-order valence-electron chi connectivity index (χ1n) is 15.7. The maximum Gasteiger partial charge on any atom is 0.326 e. The maximum absolute atomic E-state index is 14.4. The molecule has 4 aliphatic rings. The number of nitrogens with zero attached hydrogens (tertiary/aromatic N) is 1. The van der Waals surface area contributed by atoms with Crippen molar-refractivity contribution in [1.29, 1.82) is 0 Å². The summed E-state index contributed by atoms with van der Waals surface area (Å²) in [5, 5.41) is 17.7. The first-order chi connectivity index (χ1) is 21.5. The molecular formula is C32H41Cl2N5O7. The zero-order valence-electron chi connectivity index (χ0n) is 26.1. The van der Waals surface area contributed by atoms with Crippen LogP contribution in [0.2, 0.25) is 0 Å². The van der Waals surface area contributed by atoms with E-state index in [2.05, 4.69) is 16.0 Å². The van der Waals surface area contributed by atoms with Crippen molar-refractivity contribution in [3.05, 3.63) is 35.4 Å². The Hall–Kier alpha value is -3.38. The van der Waals surface area contributed by atoms with Crippen molar-refractivity contribution in [1.82, 2.24) is 20.9 Å². The third-order valence-corrected chi connectivity index (χ3v) is 11.1. The summed E-state index contributed by atoms with van der Waals surface area (Å²) in [4.78, 5) is 79.5. The molecule has 46 heavy (non-hydrogen) atoms. The minimum absolute atomic E-state index is 0.0326. The van der Waals surface area contributed by atoms with Crippen LogP contribution >= 0.6 is 23.2 Å². The van der Waals surface area contributed by atoms with Crippen molar-refractivity contribution >= 4 is 58.7 Å². The SMILES string of the molecule is CC(C)(C)C(NC(=O)N[C@H](C(=O)N1C[C@H]2[C@@H]([C@H]1C(=O)NC(CC1CCC1)C(=O)C(N)=O)C2(Cl)Cl)C1Cc2ccccc2C1)C(=O)O. The zero-order chi connectivity index (χ0) is 33.7. The molecule has 0 spiro atoms. The van der Waals surface area contributed by atoms with Crippen LogP contribution in [0.15, 0.2) is 24.3 Å². The van der Waals surface area contributed by atoms with Gasteiger partial charge in [-0.15, -0.1) is 23.2 Å². The maximum atomic E-state index is 14.4. The number of primary amides is 1. The molecule has 6 N–H and O–H groups in total. The van der Waals surface area contributed by atoms with Crippen molar-refractivity contribution in [2.75, 3.05) is 6.54 Å². The van der Waals surface area contributed by atoms with Crippen LogP contribution in [0.1, 0.15) is 57.6 Å². The fourth-order valence-corrected chi connectivity index (χ4v) is 8.03. The largest absolute Gasteiger partial charge is 0.480 e. The van der Waals surface area contributed by atoms with E-state index >= 15 is 0 Å². The fourth-order valence-electron chi connectivity index (χ4n) is 7.21. The van der Waals surface area contributed by atoms with Crippen molar-refractivity contribution in [3.63, 3.8) is 0 Å². The van der Waals surface area contributed by atoms with Gasteiger partial charge in [0.1, 0.15) is 22.5 Å². The summed E-state index contributed by atoms with van der Waals surface area (Å²) in [6.07, 6.45) is 3.90. The Morgan fingerprint density at radius 1 is 1.02 bits per heavy atom. The van der Waals surface area contributed by atoms with Gasteiger partial charge < -0.3 is 31.7 Å². The molecule has 0 bridgehead atoms. The number of nitrogens with one attached hydrogen (secondary N) is 3. The summed E-state index contributed by atoms with van der Waals surface area (Å²) in [5.41, 5.74) is 6.52. The number of alkyl halides is 2. The van der Waals surface area contributed by atoms with E-state index in [0.29, 0.717) is 12.8 Å². The van der Waals surface area contributed by atoms with E-state index in [0.717, 1.165) is 30.4 Å². The Morgan fingerprint density at radius 3 is 2.13 bits per heavy atom. The Kier molecular flexibility index (Phi) is 9.36. The molecule has 1 aromatic rings. The molecule has 3 aliphatic carbocycles. The van der Waals surface area contributed by atoms with Gasteiger partial charge in [-0.1, -0.05) is 64.3 Å². The number of likely N-dealkylation sites (tertiary alicyclic amines) is 1. The Bertz CT molecular complexity index is 1420. The molecular weight excluding hydrogens is 637 g/mol. The van der Waals surface area contributed by atoms with Gasteiger partial charge in [0.25, 0.3) is 5.91 Å². The highest BCUT2D eigenvalue weighted by Gasteiger charge is 2.74. The molecule has 2 unspecified atom stereocenters. The molecule has 12 nitrogen and oxygen atoms in total. The third kappa shape index (κ3) is 6.69. The number of amides is 5. The predicted octanol–water partition coefficient (Wildman–Crippen LogP) is 1.93. The first kappa shape index (κ1) is 34.0. The van der Waals surface area contributed by atoms with Gasteiger partial charge in [0.05, 0.1) is 6.04 Å². The molecule has 1 saturated heterocycles. The monoisotopic (exact) mass is 677 g/mol. The minimum atomic E-state index is -1.28. The van der Waals surface area contributed by atoms with Crippen LogP contribution in [0.3, 0.4) is 0 Å². The van der Waals surface area contributed by atoms with Crippen LogP contribution in [0.5, 0.6) is 0 Å². The van der Waals surface area contributed by atoms with Crippen LogP contribution in [-0.4, -0.2) is 80.6 Å². The number of nitrogens with two attached hydrogens (primary N) is 1. The number of carboxylic acid groups (broad SMARTS) is 1. The number of carbonyl (C=O) groups excluding carboxylic acids is 5. The van der Waals surface area contributed by atoms with E-state index in [1.165, 1.54) is 4.90 Å². The number of benzene rings is 1. The van der Waals surface area contributed by atoms with Gasteiger partial charge in [-0.2, -0.15) is 0 Å². The molecule has 6 atom stereocenters. The molecule has 0 aromatic heterocycles. The quantitative estimate of drug-likeness (QED) is 0.175. The average molecular weight is 679 g/mol. The highest BCUT2D eigenvalue weighted by Crippen LogP contribution is 2.65. The molecule has 250 valence electrons. The molecule has 1 heterocycles. The van der Waals surface area contributed by atoms with E-state index in [1.54, 1.807) is 20.8 Å². The molecule has 0 radical (unpaired) electrons. The van der Waals surface area contributed by atoms with Gasteiger partial charge in [-0.3, -0.25) is 19.2 Å². The summed E-state index contributed by atoms with van der Waals surface area (Å²) in [5.74, 6) is -5.85. The molecule has 1 aliphatic heterocycles. The van der Waals surface area contributed by atoms with Crippen LogP contribution in [0.25, 0.3) is 0 Å². The lowest BCUT2D eigenvalue weighted by atomic mass is 9.80. The second-order valence-corrected chi connectivity index (χ2v) is 15.7. The summed E-state index contributed by atoms with van der Waals surface area (Å²) in [6.45, 7) is 5.06. The highest BCUT2D eigenvalue weighted by molar-refractivity contribution is 6.51. The number of Topliss-reactive ketones (excluding diaryl/α,β-unsaturated/α-hetero) is 1. The summed E-state index contributed by atoms with van der Waals surface area (Å²) >= 11 is 13.1. The Morgan fingerprint density at radius 2 is 1.63 bits per heavy atom. The number of urea groups is 1. The van der Waals surface area contributed by atoms with Crippen LogP contribution in [0.4, 0.5) is 4.79 Å². The summed E-state index contributed by atoms with van der Waals surface area (Å²) in [7, 11) is 0. The lowest BCUT2D eigenvalue weighted by Crippen LogP contribution is -2.61. The Balaban J connectivity index is 1.40. The van der Waals surface area contributed by atoms with Gasteiger partial charge in [0.2, 0.25) is 17.6 Å². The number of hydrogen-bond acceptors (Lipinski definition) is 6. The van der Waals surface area contributed by atoms with E-state index in [-0.39, 0.29) is 18.9 Å². The number of ketones is 1. The lowest BCUT2D eigenvalue weighted by molar-refractivity contribution is -0.144. The first-order valence-corrected chi connectivity index (χ1v) is 16.4. The van der Waals surface area contributed by atoms with Gasteiger partial charge >= 0.3 is 12.0 Å². The zero-order valence-corrected chi connectivity index (χ0v) is 27.6. The molecule has 2 saturated carbocycles. The number of fused-ring (bicyclic) bond motifs is 2.